The van der Waals surface area contributed by atoms with Gasteiger partial charge in [-0.05, 0) is 32.1 Å². The van der Waals surface area contributed by atoms with Crippen LogP contribution in [0.5, 0.6) is 0 Å². The third-order valence-electron chi connectivity index (χ3n) is 3.87. The number of nitrogens with zero attached hydrogens (tertiary/aromatic N) is 2. The number of aromatic nitrogens is 2. The molecule has 1 aliphatic carbocycles. The minimum atomic E-state index is -4.15. The second-order valence-electron chi connectivity index (χ2n) is 5.29. The maximum absolute atomic E-state index is 12.6. The van der Waals surface area contributed by atoms with E-state index in [1.165, 1.54) is 0 Å². The van der Waals surface area contributed by atoms with Crippen LogP contribution in [0.2, 0.25) is 0 Å². The molecule has 0 atom stereocenters. The summed E-state index contributed by atoms with van der Waals surface area (Å²) in [6, 6.07) is 0. The molecule has 0 aromatic carbocycles. The van der Waals surface area contributed by atoms with Gasteiger partial charge in [0.1, 0.15) is 11.4 Å². The molecule has 0 amide bonds. The lowest BCUT2D eigenvalue weighted by molar-refractivity contribution is -0.193. The molecule has 0 saturated heterocycles. The minimum absolute atomic E-state index is 0.0288. The summed E-state index contributed by atoms with van der Waals surface area (Å²) in [7, 11) is 0. The van der Waals surface area contributed by atoms with Crippen LogP contribution in [-0.4, -0.2) is 20.8 Å². The van der Waals surface area contributed by atoms with Gasteiger partial charge in [-0.1, -0.05) is 6.92 Å². The topological polar surface area (TPSA) is 38.0 Å². The van der Waals surface area contributed by atoms with E-state index in [0.29, 0.717) is 5.82 Å². The first kappa shape index (κ1) is 14.4. The summed E-state index contributed by atoms with van der Waals surface area (Å²) in [4.78, 5) is 4.15. The third kappa shape index (κ3) is 2.94. The Bertz CT molecular complexity index is 420. The van der Waals surface area contributed by atoms with Crippen molar-refractivity contribution in [1.29, 1.82) is 0 Å². The van der Waals surface area contributed by atoms with E-state index >= 15 is 0 Å². The molecule has 19 heavy (non-hydrogen) atoms. The SMILES string of the molecule is CCCn1ccnc1C1(O)CCC(C(F)(F)F)CC1. The molecule has 1 N–H and O–H groups in total. The molecule has 0 spiro atoms. The molecule has 108 valence electrons. The number of rotatable bonds is 3. The van der Waals surface area contributed by atoms with Gasteiger partial charge in [-0.25, -0.2) is 4.98 Å². The zero-order chi connectivity index (χ0) is 14.1. The molecule has 1 fully saturated rings. The van der Waals surface area contributed by atoms with Crippen molar-refractivity contribution in [3.05, 3.63) is 18.2 Å². The van der Waals surface area contributed by atoms with Gasteiger partial charge in [0.2, 0.25) is 0 Å². The number of imidazole rings is 1. The fourth-order valence-corrected chi connectivity index (χ4v) is 2.78. The van der Waals surface area contributed by atoms with Crippen molar-refractivity contribution < 1.29 is 18.3 Å². The summed E-state index contributed by atoms with van der Waals surface area (Å²) in [6.45, 7) is 2.73. The maximum Gasteiger partial charge on any atom is 0.391 e. The molecule has 0 aliphatic heterocycles. The van der Waals surface area contributed by atoms with E-state index in [-0.39, 0.29) is 25.7 Å². The molecule has 6 heteroatoms. The Labute approximate surface area is 110 Å². The van der Waals surface area contributed by atoms with Gasteiger partial charge < -0.3 is 9.67 Å². The molecule has 1 aromatic rings. The van der Waals surface area contributed by atoms with E-state index in [1.807, 2.05) is 11.5 Å². The van der Waals surface area contributed by atoms with Crippen molar-refractivity contribution in [3.63, 3.8) is 0 Å². The summed E-state index contributed by atoms with van der Waals surface area (Å²) >= 11 is 0. The third-order valence-corrected chi connectivity index (χ3v) is 3.87. The Morgan fingerprint density at radius 3 is 2.58 bits per heavy atom. The highest BCUT2D eigenvalue weighted by Crippen LogP contribution is 2.44. The molecule has 1 heterocycles. The van der Waals surface area contributed by atoms with E-state index in [1.54, 1.807) is 12.4 Å². The lowest BCUT2D eigenvalue weighted by atomic mass is 9.78. The Morgan fingerprint density at radius 1 is 1.42 bits per heavy atom. The van der Waals surface area contributed by atoms with Crippen molar-refractivity contribution in [2.45, 2.75) is 57.3 Å². The quantitative estimate of drug-likeness (QED) is 0.920. The minimum Gasteiger partial charge on any atom is -0.382 e. The number of aryl methyl sites for hydroxylation is 1. The van der Waals surface area contributed by atoms with Crippen LogP contribution < -0.4 is 0 Å². The molecule has 2 rings (SSSR count). The summed E-state index contributed by atoms with van der Waals surface area (Å²) in [5.74, 6) is -0.780. The standard InChI is InChI=1S/C13H19F3N2O/c1-2-8-18-9-7-17-11(18)12(19)5-3-10(4-6-12)13(14,15)16/h7,9-10,19H,2-6,8H2,1H3. The van der Waals surface area contributed by atoms with Gasteiger partial charge in [-0.3, -0.25) is 0 Å². The van der Waals surface area contributed by atoms with Crippen LogP contribution in [0.25, 0.3) is 0 Å². The Morgan fingerprint density at radius 2 is 2.05 bits per heavy atom. The average molecular weight is 276 g/mol. The molecule has 1 aromatic heterocycles. The first-order chi connectivity index (χ1) is 8.87. The highest BCUT2D eigenvalue weighted by atomic mass is 19.4. The second-order valence-corrected chi connectivity index (χ2v) is 5.29. The molecule has 3 nitrogen and oxygen atoms in total. The fourth-order valence-electron chi connectivity index (χ4n) is 2.78. The van der Waals surface area contributed by atoms with E-state index < -0.39 is 17.7 Å². The fraction of sp³-hybridized carbons (Fsp3) is 0.769. The van der Waals surface area contributed by atoms with Gasteiger partial charge in [0, 0.05) is 18.9 Å². The van der Waals surface area contributed by atoms with E-state index in [9.17, 15) is 18.3 Å². The summed E-state index contributed by atoms with van der Waals surface area (Å²) < 4.78 is 39.7. The highest BCUT2D eigenvalue weighted by molar-refractivity contribution is 5.07. The van der Waals surface area contributed by atoms with Crippen LogP contribution in [0, 0.1) is 5.92 Å². The van der Waals surface area contributed by atoms with Gasteiger partial charge in [-0.2, -0.15) is 13.2 Å². The van der Waals surface area contributed by atoms with Crippen LogP contribution in [-0.2, 0) is 12.1 Å². The first-order valence-electron chi connectivity index (χ1n) is 6.67. The van der Waals surface area contributed by atoms with Gasteiger partial charge in [-0.15, -0.1) is 0 Å². The number of hydrogen-bond acceptors (Lipinski definition) is 2. The van der Waals surface area contributed by atoms with E-state index in [2.05, 4.69) is 4.98 Å². The van der Waals surface area contributed by atoms with Gasteiger partial charge in [0.25, 0.3) is 0 Å². The Kier molecular flexibility index (Phi) is 3.90. The van der Waals surface area contributed by atoms with Gasteiger partial charge >= 0.3 is 6.18 Å². The molecule has 0 unspecified atom stereocenters. The summed E-state index contributed by atoms with van der Waals surface area (Å²) in [6.07, 6.45) is 0.296. The first-order valence-corrected chi connectivity index (χ1v) is 6.67. The molecule has 0 bridgehead atoms. The van der Waals surface area contributed by atoms with Gasteiger partial charge in [0.15, 0.2) is 0 Å². The number of aliphatic hydroxyl groups is 1. The molecule has 1 aliphatic rings. The predicted octanol–water partition coefficient (Wildman–Crippen LogP) is 3.23. The van der Waals surface area contributed by atoms with Gasteiger partial charge in [0.05, 0.1) is 5.92 Å². The summed E-state index contributed by atoms with van der Waals surface area (Å²) in [5.41, 5.74) is -1.21. The zero-order valence-electron chi connectivity index (χ0n) is 11.0. The van der Waals surface area contributed by atoms with Crippen molar-refractivity contribution >= 4 is 0 Å². The monoisotopic (exact) mass is 276 g/mol. The van der Waals surface area contributed by atoms with Crippen LogP contribution in [0.1, 0.15) is 44.9 Å². The van der Waals surface area contributed by atoms with Crippen LogP contribution in [0.15, 0.2) is 12.4 Å². The Balaban J connectivity index is 2.11. The van der Waals surface area contributed by atoms with E-state index in [0.717, 1.165) is 13.0 Å². The Hall–Kier alpha value is -1.04. The molecule has 0 radical (unpaired) electrons. The van der Waals surface area contributed by atoms with Crippen LogP contribution in [0.3, 0.4) is 0 Å². The van der Waals surface area contributed by atoms with E-state index in [4.69, 9.17) is 0 Å². The number of halogens is 3. The van der Waals surface area contributed by atoms with Crippen molar-refractivity contribution in [2.24, 2.45) is 5.92 Å². The van der Waals surface area contributed by atoms with Crippen molar-refractivity contribution in [1.82, 2.24) is 9.55 Å². The summed E-state index contributed by atoms with van der Waals surface area (Å²) in [5, 5.41) is 10.6. The van der Waals surface area contributed by atoms with Crippen molar-refractivity contribution in [2.75, 3.05) is 0 Å². The van der Waals surface area contributed by atoms with Crippen LogP contribution >= 0.6 is 0 Å². The zero-order valence-corrected chi connectivity index (χ0v) is 11.0. The highest BCUT2D eigenvalue weighted by Gasteiger charge is 2.47. The second kappa shape index (κ2) is 5.15. The average Bonchev–Trinajstić information content (AvgIpc) is 2.78. The predicted molar refractivity (Wildman–Crippen MR) is 64.4 cm³/mol. The van der Waals surface area contributed by atoms with Crippen molar-refractivity contribution in [3.8, 4) is 0 Å². The lowest BCUT2D eigenvalue weighted by Gasteiger charge is -2.36. The molecular formula is C13H19F3N2O. The molecule has 1 saturated carbocycles. The smallest absolute Gasteiger partial charge is 0.382 e. The number of alkyl halides is 3. The van der Waals surface area contributed by atoms with Crippen LogP contribution in [0.4, 0.5) is 13.2 Å². The lowest BCUT2D eigenvalue weighted by Crippen LogP contribution is -2.38. The maximum atomic E-state index is 12.6. The normalized spacial score (nSPS) is 28.6. The number of hydrogen-bond donors (Lipinski definition) is 1. The molecular weight excluding hydrogens is 257 g/mol. The largest absolute Gasteiger partial charge is 0.391 e.